The number of benzene rings is 2. The standard InChI is InChI=1S/C22H32N4O2S/c1-5-17-10-12-19(13-11-17)22(3,4)16-26-21(24-6-2)25-15-18-8-7-9-20(14-18)29(23,27)28/h7-14H,5-6,15-16H2,1-4H3,(H2,23,27,28)(H2,24,25,26). The van der Waals surface area contributed by atoms with Gasteiger partial charge in [-0.25, -0.2) is 18.5 Å². The van der Waals surface area contributed by atoms with Crippen molar-refractivity contribution < 1.29 is 8.42 Å². The number of nitrogens with two attached hydrogens (primary N) is 1. The van der Waals surface area contributed by atoms with Crippen LogP contribution in [0.2, 0.25) is 0 Å². The molecule has 0 saturated carbocycles. The second kappa shape index (κ2) is 9.89. The van der Waals surface area contributed by atoms with Crippen LogP contribution in [0.1, 0.15) is 44.4 Å². The molecule has 29 heavy (non-hydrogen) atoms. The lowest BCUT2D eigenvalue weighted by molar-refractivity contribution is 0.508. The molecule has 0 saturated heterocycles. The van der Waals surface area contributed by atoms with Gasteiger partial charge in [0, 0.05) is 18.5 Å². The third-order valence-electron chi connectivity index (χ3n) is 4.83. The number of primary sulfonamides is 1. The summed E-state index contributed by atoms with van der Waals surface area (Å²) in [6, 6.07) is 15.3. The molecule has 0 fully saturated rings. The van der Waals surface area contributed by atoms with Crippen LogP contribution in [0.25, 0.3) is 0 Å². The summed E-state index contributed by atoms with van der Waals surface area (Å²) in [6.45, 7) is 10.3. The summed E-state index contributed by atoms with van der Waals surface area (Å²) in [5.41, 5.74) is 3.30. The molecule has 2 aromatic carbocycles. The zero-order chi connectivity index (χ0) is 21.5. The number of aryl methyl sites for hydroxylation is 1. The van der Waals surface area contributed by atoms with Gasteiger partial charge in [0.25, 0.3) is 0 Å². The zero-order valence-corrected chi connectivity index (χ0v) is 18.5. The molecule has 2 rings (SSSR count). The fourth-order valence-electron chi connectivity index (χ4n) is 2.93. The molecule has 0 radical (unpaired) electrons. The molecule has 158 valence electrons. The summed E-state index contributed by atoms with van der Waals surface area (Å²) in [7, 11) is -3.72. The van der Waals surface area contributed by atoms with E-state index in [0.717, 1.165) is 18.5 Å². The van der Waals surface area contributed by atoms with E-state index in [1.165, 1.54) is 17.2 Å². The largest absolute Gasteiger partial charge is 0.357 e. The van der Waals surface area contributed by atoms with Crippen molar-refractivity contribution in [3.05, 3.63) is 65.2 Å². The molecule has 0 spiro atoms. The molecule has 0 atom stereocenters. The number of hydrogen-bond acceptors (Lipinski definition) is 3. The summed E-state index contributed by atoms with van der Waals surface area (Å²) in [5, 5.41) is 11.8. The van der Waals surface area contributed by atoms with Gasteiger partial charge in [-0.2, -0.15) is 0 Å². The van der Waals surface area contributed by atoms with Gasteiger partial charge < -0.3 is 10.6 Å². The maximum absolute atomic E-state index is 11.5. The van der Waals surface area contributed by atoms with E-state index in [9.17, 15) is 8.42 Å². The summed E-state index contributed by atoms with van der Waals surface area (Å²) in [4.78, 5) is 4.69. The highest BCUT2D eigenvalue weighted by Crippen LogP contribution is 2.22. The van der Waals surface area contributed by atoms with Gasteiger partial charge >= 0.3 is 0 Å². The number of sulfonamides is 1. The van der Waals surface area contributed by atoms with Gasteiger partial charge in [0.1, 0.15) is 0 Å². The minimum Gasteiger partial charge on any atom is -0.357 e. The van der Waals surface area contributed by atoms with Crippen LogP contribution in [0.4, 0.5) is 0 Å². The molecule has 0 aliphatic carbocycles. The third kappa shape index (κ3) is 6.87. The molecule has 0 aliphatic heterocycles. The molecule has 0 aromatic heterocycles. The first kappa shape index (κ1) is 22.9. The average Bonchev–Trinajstić information content (AvgIpc) is 2.69. The van der Waals surface area contributed by atoms with E-state index in [4.69, 9.17) is 5.14 Å². The second-order valence-corrected chi connectivity index (χ2v) is 9.24. The van der Waals surface area contributed by atoms with Crippen LogP contribution >= 0.6 is 0 Å². The van der Waals surface area contributed by atoms with Gasteiger partial charge in [-0.15, -0.1) is 0 Å². The van der Waals surface area contributed by atoms with Crippen LogP contribution < -0.4 is 15.8 Å². The van der Waals surface area contributed by atoms with E-state index in [1.807, 2.05) is 13.0 Å². The molecule has 0 heterocycles. The van der Waals surface area contributed by atoms with E-state index >= 15 is 0 Å². The van der Waals surface area contributed by atoms with Crippen LogP contribution in [0.3, 0.4) is 0 Å². The highest BCUT2D eigenvalue weighted by Gasteiger charge is 2.21. The van der Waals surface area contributed by atoms with Crippen molar-refractivity contribution in [3.63, 3.8) is 0 Å². The minimum absolute atomic E-state index is 0.0734. The maximum atomic E-state index is 11.5. The fraction of sp³-hybridized carbons (Fsp3) is 0.409. The predicted molar refractivity (Wildman–Crippen MR) is 119 cm³/mol. The lowest BCUT2D eigenvalue weighted by Crippen LogP contribution is -2.43. The Balaban J connectivity index is 2.08. The first-order valence-corrected chi connectivity index (χ1v) is 11.4. The zero-order valence-electron chi connectivity index (χ0n) is 17.7. The summed E-state index contributed by atoms with van der Waals surface area (Å²) in [6.07, 6.45) is 1.03. The molecule has 0 bridgehead atoms. The molecule has 7 heteroatoms. The first-order chi connectivity index (χ1) is 13.7. The smallest absolute Gasteiger partial charge is 0.238 e. The van der Waals surface area contributed by atoms with Gasteiger partial charge in [0.2, 0.25) is 10.0 Å². The summed E-state index contributed by atoms with van der Waals surface area (Å²) in [5.74, 6) is 0.687. The Labute approximate surface area is 174 Å². The first-order valence-electron chi connectivity index (χ1n) is 9.89. The number of nitrogens with one attached hydrogen (secondary N) is 2. The Morgan fingerprint density at radius 3 is 2.31 bits per heavy atom. The molecule has 6 nitrogen and oxygen atoms in total. The monoisotopic (exact) mass is 416 g/mol. The van der Waals surface area contributed by atoms with Crippen LogP contribution in [0.15, 0.2) is 58.4 Å². The van der Waals surface area contributed by atoms with Crippen LogP contribution in [-0.2, 0) is 28.4 Å². The van der Waals surface area contributed by atoms with Gasteiger partial charge in [-0.3, -0.25) is 0 Å². The summed E-state index contributed by atoms with van der Waals surface area (Å²) >= 11 is 0. The molecule has 4 N–H and O–H groups in total. The maximum Gasteiger partial charge on any atom is 0.238 e. The number of hydrogen-bond donors (Lipinski definition) is 3. The Morgan fingerprint density at radius 1 is 1.03 bits per heavy atom. The van der Waals surface area contributed by atoms with E-state index in [1.54, 1.807) is 12.1 Å². The Hall–Kier alpha value is -2.38. The highest BCUT2D eigenvalue weighted by atomic mass is 32.2. The molecular weight excluding hydrogens is 384 g/mol. The van der Waals surface area contributed by atoms with Gasteiger partial charge in [-0.1, -0.05) is 57.2 Å². The lowest BCUT2D eigenvalue weighted by Gasteiger charge is -2.27. The molecular formula is C22H32N4O2S. The third-order valence-corrected chi connectivity index (χ3v) is 5.74. The average molecular weight is 417 g/mol. The second-order valence-electron chi connectivity index (χ2n) is 7.68. The van der Waals surface area contributed by atoms with Crippen LogP contribution in [-0.4, -0.2) is 27.5 Å². The van der Waals surface area contributed by atoms with Gasteiger partial charge in [0.15, 0.2) is 5.96 Å². The number of guanidine groups is 1. The highest BCUT2D eigenvalue weighted by molar-refractivity contribution is 7.89. The van der Waals surface area contributed by atoms with Crippen molar-refractivity contribution in [1.82, 2.24) is 10.6 Å². The SMILES string of the molecule is CCNC(=NCc1cccc(S(N)(=O)=O)c1)NCC(C)(C)c1ccc(CC)cc1. The molecule has 0 unspecified atom stereocenters. The number of rotatable bonds is 8. The van der Waals surface area contributed by atoms with Gasteiger partial charge in [0.05, 0.1) is 11.4 Å². The van der Waals surface area contributed by atoms with Crippen molar-refractivity contribution >= 4 is 16.0 Å². The van der Waals surface area contributed by atoms with Crippen molar-refractivity contribution in [1.29, 1.82) is 0 Å². The Kier molecular flexibility index (Phi) is 7.81. The quantitative estimate of drug-likeness (QED) is 0.455. The topological polar surface area (TPSA) is 96.6 Å². The van der Waals surface area contributed by atoms with Gasteiger partial charge in [-0.05, 0) is 42.2 Å². The molecule has 2 aromatic rings. The van der Waals surface area contributed by atoms with E-state index in [-0.39, 0.29) is 10.3 Å². The number of aliphatic imine (C=N–C) groups is 1. The lowest BCUT2D eigenvalue weighted by atomic mass is 9.84. The molecule has 0 aliphatic rings. The Morgan fingerprint density at radius 2 is 1.72 bits per heavy atom. The normalized spacial score (nSPS) is 12.7. The summed E-state index contributed by atoms with van der Waals surface area (Å²) < 4.78 is 23.1. The van der Waals surface area contributed by atoms with E-state index < -0.39 is 10.0 Å². The van der Waals surface area contributed by atoms with Crippen molar-refractivity contribution in [2.75, 3.05) is 13.1 Å². The van der Waals surface area contributed by atoms with Crippen molar-refractivity contribution in [2.45, 2.75) is 51.0 Å². The Bertz CT molecular complexity index is 936. The number of nitrogens with zero attached hydrogens (tertiary/aromatic N) is 1. The van der Waals surface area contributed by atoms with E-state index in [0.29, 0.717) is 19.0 Å². The van der Waals surface area contributed by atoms with Crippen molar-refractivity contribution in [2.24, 2.45) is 10.1 Å². The molecule has 0 amide bonds. The van der Waals surface area contributed by atoms with Crippen LogP contribution in [0, 0.1) is 0 Å². The van der Waals surface area contributed by atoms with Crippen LogP contribution in [0.5, 0.6) is 0 Å². The minimum atomic E-state index is -3.72. The fourth-order valence-corrected chi connectivity index (χ4v) is 3.52. The van der Waals surface area contributed by atoms with E-state index in [2.05, 4.69) is 60.7 Å². The predicted octanol–water partition coefficient (Wildman–Crippen LogP) is 2.93. The van der Waals surface area contributed by atoms with Crippen molar-refractivity contribution in [3.8, 4) is 0 Å².